The fraction of sp³-hybridized carbons (Fsp3) is 0.458. The molecule has 0 bridgehead atoms. The van der Waals surface area contributed by atoms with Gasteiger partial charge in [-0.15, -0.1) is 0 Å². The predicted octanol–water partition coefficient (Wildman–Crippen LogP) is 0.673. The Hall–Kier alpha value is -3.79. The molecule has 12 nitrogen and oxygen atoms in total. The van der Waals surface area contributed by atoms with Gasteiger partial charge in [0.15, 0.2) is 6.29 Å². The summed E-state index contributed by atoms with van der Waals surface area (Å²) < 4.78 is 10.8. The Morgan fingerprint density at radius 3 is 2.83 bits per heavy atom. The van der Waals surface area contributed by atoms with E-state index in [4.69, 9.17) is 9.47 Å². The van der Waals surface area contributed by atoms with Crippen LogP contribution in [0.4, 0.5) is 11.6 Å². The van der Waals surface area contributed by atoms with Gasteiger partial charge in [0, 0.05) is 45.4 Å². The maximum Gasteiger partial charge on any atom is 0.237 e. The van der Waals surface area contributed by atoms with Crippen molar-refractivity contribution in [1.29, 1.82) is 5.26 Å². The van der Waals surface area contributed by atoms with Crippen molar-refractivity contribution >= 4 is 23.8 Å². The molecule has 1 fully saturated rings. The first-order valence-corrected chi connectivity index (χ1v) is 11.4. The lowest BCUT2D eigenvalue weighted by Crippen LogP contribution is -2.48. The number of carbonyl (C=O) groups is 2. The molecule has 0 aliphatic carbocycles. The molecule has 1 amide bonds. The number of anilines is 2. The first-order valence-electron chi connectivity index (χ1n) is 11.4. The number of pyridine rings is 2. The van der Waals surface area contributed by atoms with Crippen molar-refractivity contribution in [3.05, 3.63) is 41.2 Å². The van der Waals surface area contributed by atoms with E-state index in [9.17, 15) is 20.0 Å². The second kappa shape index (κ2) is 12.3. The molecular weight excluding hydrogens is 466 g/mol. The van der Waals surface area contributed by atoms with Gasteiger partial charge in [0.25, 0.3) is 0 Å². The molecule has 3 heterocycles. The molecule has 2 aromatic heterocycles. The number of carbonyl (C=O) groups excluding carboxylic acids is 2. The highest BCUT2D eigenvalue weighted by Crippen LogP contribution is 2.23. The van der Waals surface area contributed by atoms with Gasteiger partial charge in [0.2, 0.25) is 12.3 Å². The summed E-state index contributed by atoms with van der Waals surface area (Å²) in [5, 5.41) is 22.9. The van der Waals surface area contributed by atoms with Gasteiger partial charge < -0.3 is 29.7 Å². The van der Waals surface area contributed by atoms with Gasteiger partial charge >= 0.3 is 0 Å². The van der Waals surface area contributed by atoms with Crippen molar-refractivity contribution in [2.75, 3.05) is 57.7 Å². The van der Waals surface area contributed by atoms with Crippen molar-refractivity contribution in [2.45, 2.75) is 25.9 Å². The Morgan fingerprint density at radius 2 is 2.17 bits per heavy atom. The smallest absolute Gasteiger partial charge is 0.237 e. The summed E-state index contributed by atoms with van der Waals surface area (Å²) >= 11 is 0. The highest BCUT2D eigenvalue weighted by molar-refractivity contribution is 5.80. The van der Waals surface area contributed by atoms with Crippen LogP contribution in [0.15, 0.2) is 24.4 Å². The third-order valence-corrected chi connectivity index (χ3v) is 5.70. The third kappa shape index (κ3) is 6.66. The topological polar surface area (TPSA) is 144 Å². The Kier molecular flexibility index (Phi) is 9.13. The number of aliphatic hydroxyl groups is 1. The summed E-state index contributed by atoms with van der Waals surface area (Å²) in [6, 6.07) is 6.94. The number of aldehydes is 1. The van der Waals surface area contributed by atoms with Crippen LogP contribution in [0.25, 0.3) is 0 Å². The zero-order chi connectivity index (χ0) is 26.2. The van der Waals surface area contributed by atoms with Crippen LogP contribution in [0.1, 0.15) is 28.5 Å². The maximum atomic E-state index is 12.3. The normalized spacial score (nSPS) is 15.7. The zero-order valence-corrected chi connectivity index (χ0v) is 20.8. The molecule has 2 aromatic rings. The van der Waals surface area contributed by atoms with Crippen molar-refractivity contribution in [3.8, 4) is 11.8 Å². The SMILES string of the molecule is COC[C@@H](C)Oc1cc(NC(O)N(C)c2ccc(CN3CCN(C)CC3=O)c(C=O)n2)ncc1C#N. The second-order valence-electron chi connectivity index (χ2n) is 8.57. The molecule has 2 atom stereocenters. The molecule has 1 unspecified atom stereocenters. The molecule has 0 spiro atoms. The molecule has 1 aliphatic heterocycles. The molecule has 2 N–H and O–H groups in total. The number of aliphatic hydroxyl groups excluding tert-OH is 1. The first-order chi connectivity index (χ1) is 17.2. The highest BCUT2D eigenvalue weighted by atomic mass is 16.5. The van der Waals surface area contributed by atoms with Crippen LogP contribution < -0.4 is 15.0 Å². The van der Waals surface area contributed by atoms with Gasteiger partial charge in [-0.2, -0.15) is 5.26 Å². The Labute approximate surface area is 210 Å². The van der Waals surface area contributed by atoms with Crippen LogP contribution in [-0.2, 0) is 16.1 Å². The lowest BCUT2D eigenvalue weighted by atomic mass is 10.1. The number of nitrogens with zero attached hydrogens (tertiary/aromatic N) is 6. The number of hydrogen-bond acceptors (Lipinski definition) is 11. The Balaban J connectivity index is 1.71. The van der Waals surface area contributed by atoms with Crippen LogP contribution in [0.2, 0.25) is 0 Å². The molecular formula is C24H31N7O5. The molecule has 1 aliphatic rings. The summed E-state index contributed by atoms with van der Waals surface area (Å²) in [6.45, 7) is 4.11. The van der Waals surface area contributed by atoms with Gasteiger partial charge in [0.1, 0.15) is 40.8 Å². The van der Waals surface area contributed by atoms with Crippen LogP contribution in [0.5, 0.6) is 5.75 Å². The van der Waals surface area contributed by atoms with Gasteiger partial charge in [-0.1, -0.05) is 6.07 Å². The number of nitriles is 1. The van der Waals surface area contributed by atoms with Crippen LogP contribution in [-0.4, -0.2) is 97.0 Å². The van der Waals surface area contributed by atoms with Crippen molar-refractivity contribution in [1.82, 2.24) is 19.8 Å². The number of hydrogen-bond donors (Lipinski definition) is 2. The van der Waals surface area contributed by atoms with E-state index in [1.54, 1.807) is 38.1 Å². The van der Waals surface area contributed by atoms with E-state index in [1.165, 1.54) is 17.2 Å². The molecule has 0 radical (unpaired) electrons. The summed E-state index contributed by atoms with van der Waals surface area (Å²) in [4.78, 5) is 37.6. The van der Waals surface area contributed by atoms with Crippen molar-refractivity contribution in [3.63, 3.8) is 0 Å². The summed E-state index contributed by atoms with van der Waals surface area (Å²) in [5.41, 5.74) is 1.07. The monoisotopic (exact) mass is 497 g/mol. The minimum absolute atomic E-state index is 0.00343. The second-order valence-corrected chi connectivity index (χ2v) is 8.57. The largest absolute Gasteiger partial charge is 0.487 e. The van der Waals surface area contributed by atoms with E-state index >= 15 is 0 Å². The van der Waals surface area contributed by atoms with Gasteiger partial charge in [0.05, 0.1) is 19.3 Å². The average molecular weight is 498 g/mol. The van der Waals surface area contributed by atoms with E-state index in [2.05, 4.69) is 15.3 Å². The number of rotatable bonds is 11. The van der Waals surface area contributed by atoms with Crippen LogP contribution in [0, 0.1) is 11.3 Å². The summed E-state index contributed by atoms with van der Waals surface area (Å²) in [6.07, 6.45) is 0.434. The molecule has 12 heteroatoms. The lowest BCUT2D eigenvalue weighted by molar-refractivity contribution is -0.136. The number of amides is 1. The third-order valence-electron chi connectivity index (χ3n) is 5.70. The van der Waals surface area contributed by atoms with Crippen LogP contribution in [0.3, 0.4) is 0 Å². The quantitative estimate of drug-likeness (QED) is 0.334. The number of piperazine rings is 1. The van der Waals surface area contributed by atoms with E-state index in [1.807, 2.05) is 18.0 Å². The minimum atomic E-state index is -1.26. The van der Waals surface area contributed by atoms with E-state index < -0.39 is 6.35 Å². The lowest BCUT2D eigenvalue weighted by Gasteiger charge is -2.32. The summed E-state index contributed by atoms with van der Waals surface area (Å²) in [7, 11) is 5.04. The zero-order valence-electron chi connectivity index (χ0n) is 20.8. The predicted molar refractivity (Wildman–Crippen MR) is 131 cm³/mol. The van der Waals surface area contributed by atoms with E-state index in [0.717, 1.165) is 6.54 Å². The van der Waals surface area contributed by atoms with Crippen LogP contribution >= 0.6 is 0 Å². The average Bonchev–Trinajstić information content (AvgIpc) is 2.85. The minimum Gasteiger partial charge on any atom is -0.487 e. The van der Waals surface area contributed by atoms with Crippen molar-refractivity contribution in [2.24, 2.45) is 0 Å². The van der Waals surface area contributed by atoms with E-state index in [-0.39, 0.29) is 35.6 Å². The number of ether oxygens (including phenoxy) is 2. The van der Waals surface area contributed by atoms with Crippen molar-refractivity contribution < 1.29 is 24.2 Å². The fourth-order valence-electron chi connectivity index (χ4n) is 3.66. The number of nitrogens with one attached hydrogen (secondary N) is 1. The fourth-order valence-corrected chi connectivity index (χ4v) is 3.66. The highest BCUT2D eigenvalue weighted by Gasteiger charge is 2.23. The Morgan fingerprint density at radius 1 is 1.39 bits per heavy atom. The molecule has 192 valence electrons. The van der Waals surface area contributed by atoms with Gasteiger partial charge in [-0.25, -0.2) is 9.97 Å². The molecule has 0 aromatic carbocycles. The summed E-state index contributed by atoms with van der Waals surface area (Å²) in [5.74, 6) is 0.910. The first kappa shape index (κ1) is 26.8. The number of methoxy groups -OCH3 is 1. The molecule has 36 heavy (non-hydrogen) atoms. The van der Waals surface area contributed by atoms with E-state index in [0.29, 0.717) is 43.1 Å². The van der Waals surface area contributed by atoms with Gasteiger partial charge in [-0.3, -0.25) is 14.5 Å². The van der Waals surface area contributed by atoms with Gasteiger partial charge in [-0.05, 0) is 20.0 Å². The number of likely N-dealkylation sites (N-methyl/N-ethyl adjacent to an activating group) is 1. The standard InChI is InChI=1S/C24H31N7O5/c1-16(15-35-4)36-20-9-21(26-11-18(20)10-25)28-24(34)30(3)22-6-5-17(19(14-32)27-22)12-31-8-7-29(2)13-23(31)33/h5-6,9,11,14,16,24,34H,7-8,12-13,15H2,1-4H3,(H,26,28)/t16-,24?/m1/s1. The Bertz CT molecular complexity index is 1120. The molecule has 0 saturated carbocycles. The molecule has 3 rings (SSSR count). The molecule has 1 saturated heterocycles. The number of aromatic nitrogens is 2. The maximum absolute atomic E-state index is 12.3.